The SMILES string of the molecule is CCC(=NO)c1c(-c2c(C)noc2C)n(-c2ccc(O)cc2)c2ccccc12. The number of rotatable bonds is 4. The fourth-order valence-corrected chi connectivity index (χ4v) is 3.76. The third kappa shape index (κ3) is 2.65. The van der Waals surface area contributed by atoms with Crippen molar-refractivity contribution in [3.05, 3.63) is 65.5 Å². The third-order valence-corrected chi connectivity index (χ3v) is 5.00. The molecule has 0 radical (unpaired) electrons. The van der Waals surface area contributed by atoms with E-state index in [1.807, 2.05) is 57.2 Å². The number of nitrogens with zero attached hydrogens (tertiary/aromatic N) is 3. The third-order valence-electron chi connectivity index (χ3n) is 5.00. The summed E-state index contributed by atoms with van der Waals surface area (Å²) in [6.07, 6.45) is 0.566. The highest BCUT2D eigenvalue weighted by Gasteiger charge is 2.27. The smallest absolute Gasteiger partial charge is 0.143 e. The summed E-state index contributed by atoms with van der Waals surface area (Å²) in [7, 11) is 0. The van der Waals surface area contributed by atoms with Gasteiger partial charge in [-0.05, 0) is 50.6 Å². The highest BCUT2D eigenvalue weighted by atomic mass is 16.5. The van der Waals surface area contributed by atoms with Crippen LogP contribution < -0.4 is 0 Å². The molecule has 4 rings (SSSR count). The zero-order chi connectivity index (χ0) is 19.8. The van der Waals surface area contributed by atoms with Crippen molar-refractivity contribution in [3.8, 4) is 22.7 Å². The average molecular weight is 375 g/mol. The van der Waals surface area contributed by atoms with E-state index in [0.717, 1.165) is 39.1 Å². The van der Waals surface area contributed by atoms with Gasteiger partial charge in [0.15, 0.2) is 0 Å². The first kappa shape index (κ1) is 17.9. The molecule has 4 aromatic rings. The minimum atomic E-state index is 0.200. The second-order valence-corrected chi connectivity index (χ2v) is 6.69. The van der Waals surface area contributed by atoms with E-state index >= 15 is 0 Å². The molecule has 6 heteroatoms. The van der Waals surface area contributed by atoms with Crippen molar-refractivity contribution >= 4 is 16.6 Å². The molecule has 0 unspecified atom stereocenters. The number of hydrogen-bond donors (Lipinski definition) is 2. The average Bonchev–Trinajstić information content (AvgIpc) is 3.21. The first-order valence-corrected chi connectivity index (χ1v) is 9.14. The molecule has 0 aliphatic heterocycles. The number of hydrogen-bond acceptors (Lipinski definition) is 5. The van der Waals surface area contributed by atoms with Crippen molar-refractivity contribution in [1.29, 1.82) is 0 Å². The van der Waals surface area contributed by atoms with Crippen LogP contribution in [0.15, 0.2) is 58.2 Å². The number of aromatic hydroxyl groups is 1. The van der Waals surface area contributed by atoms with E-state index in [9.17, 15) is 10.3 Å². The lowest BCUT2D eigenvalue weighted by Gasteiger charge is -2.13. The van der Waals surface area contributed by atoms with Crippen molar-refractivity contribution in [2.24, 2.45) is 5.16 Å². The molecular weight excluding hydrogens is 354 g/mol. The van der Waals surface area contributed by atoms with Crippen molar-refractivity contribution in [2.75, 3.05) is 0 Å². The lowest BCUT2D eigenvalue weighted by molar-refractivity contribution is 0.318. The Hall–Kier alpha value is -3.54. The fraction of sp³-hybridized carbons (Fsp3) is 0.182. The maximum Gasteiger partial charge on any atom is 0.143 e. The Morgan fingerprint density at radius 2 is 1.82 bits per heavy atom. The molecule has 0 atom stereocenters. The van der Waals surface area contributed by atoms with Crippen LogP contribution in [0.3, 0.4) is 0 Å². The number of oxime groups is 1. The highest BCUT2D eigenvalue weighted by molar-refractivity contribution is 6.16. The Bertz CT molecular complexity index is 1160. The van der Waals surface area contributed by atoms with Gasteiger partial charge in [0.05, 0.1) is 28.2 Å². The summed E-state index contributed by atoms with van der Waals surface area (Å²) in [5.41, 5.74) is 5.77. The van der Waals surface area contributed by atoms with Crippen LogP contribution in [0.4, 0.5) is 0 Å². The minimum Gasteiger partial charge on any atom is -0.508 e. The molecule has 0 saturated heterocycles. The normalized spacial score (nSPS) is 12.0. The standard InChI is InChI=1S/C22H21N3O3/c1-4-18(23-27)21-17-7-5-6-8-19(17)25(15-9-11-16(26)12-10-15)22(21)20-13(2)24-28-14(20)3/h5-12,26-27H,4H2,1-3H3. The largest absolute Gasteiger partial charge is 0.508 e. The molecule has 142 valence electrons. The molecule has 2 N–H and O–H groups in total. The lowest BCUT2D eigenvalue weighted by Crippen LogP contribution is -2.04. The molecule has 0 aliphatic carbocycles. The predicted octanol–water partition coefficient (Wildman–Crippen LogP) is 5.20. The Balaban J connectivity index is 2.22. The molecule has 0 amide bonds. The molecular formula is C22H21N3O3. The van der Waals surface area contributed by atoms with Crippen molar-refractivity contribution < 1.29 is 14.8 Å². The van der Waals surface area contributed by atoms with Crippen LogP contribution >= 0.6 is 0 Å². The van der Waals surface area contributed by atoms with Crippen molar-refractivity contribution in [3.63, 3.8) is 0 Å². The van der Waals surface area contributed by atoms with Gasteiger partial charge in [-0.25, -0.2) is 0 Å². The van der Waals surface area contributed by atoms with E-state index in [1.54, 1.807) is 12.1 Å². The molecule has 0 aliphatic rings. The first-order valence-electron chi connectivity index (χ1n) is 9.14. The summed E-state index contributed by atoms with van der Waals surface area (Å²) in [4.78, 5) is 0. The monoisotopic (exact) mass is 375 g/mol. The highest BCUT2D eigenvalue weighted by Crippen LogP contribution is 2.40. The minimum absolute atomic E-state index is 0.200. The molecule has 2 aromatic carbocycles. The molecule has 0 spiro atoms. The second kappa shape index (κ2) is 6.88. The van der Waals surface area contributed by atoms with E-state index in [2.05, 4.69) is 14.9 Å². The fourth-order valence-electron chi connectivity index (χ4n) is 3.76. The van der Waals surface area contributed by atoms with Gasteiger partial charge in [-0.2, -0.15) is 0 Å². The Morgan fingerprint density at radius 3 is 2.43 bits per heavy atom. The van der Waals surface area contributed by atoms with Gasteiger partial charge in [-0.3, -0.25) is 0 Å². The number of benzene rings is 2. The van der Waals surface area contributed by atoms with Gasteiger partial charge in [-0.1, -0.05) is 35.4 Å². The van der Waals surface area contributed by atoms with Crippen molar-refractivity contribution in [2.45, 2.75) is 27.2 Å². The maximum atomic E-state index is 9.74. The Kier molecular flexibility index (Phi) is 4.39. The van der Waals surface area contributed by atoms with Crippen LogP contribution in [-0.2, 0) is 0 Å². The number of aromatic nitrogens is 2. The molecule has 2 aromatic heterocycles. The molecule has 0 saturated carbocycles. The van der Waals surface area contributed by atoms with Crippen molar-refractivity contribution in [1.82, 2.24) is 9.72 Å². The van der Waals surface area contributed by atoms with Crippen LogP contribution in [0, 0.1) is 13.8 Å². The molecule has 0 bridgehead atoms. The summed E-state index contributed by atoms with van der Waals surface area (Å²) in [5, 5.41) is 28.2. The van der Waals surface area contributed by atoms with Gasteiger partial charge in [-0.15, -0.1) is 0 Å². The van der Waals surface area contributed by atoms with Crippen LogP contribution in [-0.4, -0.2) is 25.7 Å². The van der Waals surface area contributed by atoms with E-state index in [4.69, 9.17) is 4.52 Å². The number of phenols is 1. The van der Waals surface area contributed by atoms with Gasteiger partial charge in [0, 0.05) is 16.6 Å². The summed E-state index contributed by atoms with van der Waals surface area (Å²) < 4.78 is 7.55. The molecule has 0 fully saturated rings. The van der Waals surface area contributed by atoms with Gasteiger partial charge < -0.3 is 19.4 Å². The van der Waals surface area contributed by atoms with Gasteiger partial charge in [0.1, 0.15) is 11.5 Å². The summed E-state index contributed by atoms with van der Waals surface area (Å²) >= 11 is 0. The lowest BCUT2D eigenvalue weighted by atomic mass is 9.99. The second-order valence-electron chi connectivity index (χ2n) is 6.69. The van der Waals surface area contributed by atoms with Crippen LogP contribution in [0.2, 0.25) is 0 Å². The Morgan fingerprint density at radius 1 is 1.11 bits per heavy atom. The number of phenolic OH excluding ortho intramolecular Hbond substituents is 1. The topological polar surface area (TPSA) is 83.8 Å². The number of aryl methyl sites for hydroxylation is 2. The van der Waals surface area contributed by atoms with E-state index < -0.39 is 0 Å². The zero-order valence-electron chi connectivity index (χ0n) is 16.0. The molecule has 28 heavy (non-hydrogen) atoms. The first-order chi connectivity index (χ1) is 13.6. The summed E-state index contributed by atoms with van der Waals surface area (Å²) in [6.45, 7) is 5.73. The van der Waals surface area contributed by atoms with E-state index in [-0.39, 0.29) is 5.75 Å². The quantitative estimate of drug-likeness (QED) is 0.292. The Labute approximate surface area is 162 Å². The van der Waals surface area contributed by atoms with E-state index in [0.29, 0.717) is 17.9 Å². The van der Waals surface area contributed by atoms with Crippen LogP contribution in [0.5, 0.6) is 5.75 Å². The van der Waals surface area contributed by atoms with Crippen LogP contribution in [0.25, 0.3) is 27.8 Å². The van der Waals surface area contributed by atoms with Gasteiger partial charge >= 0.3 is 0 Å². The van der Waals surface area contributed by atoms with E-state index in [1.165, 1.54) is 0 Å². The van der Waals surface area contributed by atoms with Gasteiger partial charge in [0.25, 0.3) is 0 Å². The molecule has 2 heterocycles. The summed E-state index contributed by atoms with van der Waals surface area (Å²) in [6, 6.07) is 15.0. The number of para-hydroxylation sites is 1. The van der Waals surface area contributed by atoms with Gasteiger partial charge in [0.2, 0.25) is 0 Å². The van der Waals surface area contributed by atoms with Crippen LogP contribution in [0.1, 0.15) is 30.4 Å². The predicted molar refractivity (Wildman–Crippen MR) is 109 cm³/mol. The summed E-state index contributed by atoms with van der Waals surface area (Å²) in [5.74, 6) is 0.889. The maximum absolute atomic E-state index is 9.74. The zero-order valence-corrected chi connectivity index (χ0v) is 16.0. The number of fused-ring (bicyclic) bond motifs is 1. The molecule has 6 nitrogen and oxygen atoms in total.